The van der Waals surface area contributed by atoms with Crippen molar-refractivity contribution in [3.63, 3.8) is 0 Å². The number of aldehydes is 1. The van der Waals surface area contributed by atoms with Gasteiger partial charge in [-0.15, -0.1) is 0 Å². The van der Waals surface area contributed by atoms with Crippen LogP contribution in [0.2, 0.25) is 0 Å². The number of imidazole rings is 1. The van der Waals surface area contributed by atoms with Gasteiger partial charge in [0.05, 0.1) is 24.6 Å². The van der Waals surface area contributed by atoms with E-state index in [4.69, 9.17) is 0 Å². The van der Waals surface area contributed by atoms with Crippen LogP contribution in [0.15, 0.2) is 23.1 Å². The van der Waals surface area contributed by atoms with Crippen molar-refractivity contribution in [1.29, 1.82) is 0 Å². The molecular formula is C18H17F2N7O4. The van der Waals surface area contributed by atoms with Gasteiger partial charge >= 0.3 is 0 Å². The molecule has 0 saturated heterocycles. The van der Waals surface area contributed by atoms with E-state index in [0.29, 0.717) is 23.2 Å². The third kappa shape index (κ3) is 4.70. The maximum absolute atomic E-state index is 12.8. The molecule has 0 unspecified atom stereocenters. The monoisotopic (exact) mass is 433 g/mol. The molecule has 1 fully saturated rings. The fourth-order valence-corrected chi connectivity index (χ4v) is 3.30. The molecule has 13 heteroatoms. The van der Waals surface area contributed by atoms with Gasteiger partial charge in [-0.1, -0.05) is 0 Å². The fourth-order valence-electron chi connectivity index (χ4n) is 3.30. The minimum Gasteiger partial charge on any atom is -0.352 e. The number of hydrogen-bond donors (Lipinski definition) is 2. The second-order valence-electron chi connectivity index (χ2n) is 7.31. The van der Waals surface area contributed by atoms with Gasteiger partial charge < -0.3 is 10.6 Å². The largest absolute Gasteiger partial charge is 0.352 e. The second-order valence-corrected chi connectivity index (χ2v) is 7.31. The third-order valence-electron chi connectivity index (χ3n) is 4.84. The molecule has 0 aromatic carbocycles. The molecule has 3 aromatic rings. The van der Waals surface area contributed by atoms with Crippen molar-refractivity contribution < 1.29 is 27.8 Å². The van der Waals surface area contributed by atoms with Crippen molar-refractivity contribution >= 4 is 23.7 Å². The van der Waals surface area contributed by atoms with E-state index >= 15 is 0 Å². The number of fused-ring (bicyclic) bond motifs is 1. The smallest absolute Gasteiger partial charge is 0.276 e. The molecule has 162 valence electrons. The minimum absolute atomic E-state index is 0.0471. The molecule has 1 aliphatic rings. The molecule has 31 heavy (non-hydrogen) atoms. The minimum atomic E-state index is -2.64. The quantitative estimate of drug-likeness (QED) is 0.499. The SMILES string of the molecule is O=Cc1nonc1C(=O)NCc1cn2ncc(CNC(=O)CC3CC(F)(F)C3)cc2n1. The standard InChI is InChI=1S/C18H17F2N7O4/c19-18(20)3-10(4-18)2-15(29)21-5-11-1-14-24-12(8-27(14)23-6-11)7-22-17(30)16-13(9-28)25-31-26-16/h1,6,8-10H,2-5,7H2,(H,21,29)(H,22,30). The lowest BCUT2D eigenvalue weighted by Gasteiger charge is -2.34. The van der Waals surface area contributed by atoms with Gasteiger partial charge in [-0.3, -0.25) is 14.4 Å². The lowest BCUT2D eigenvalue weighted by molar-refractivity contribution is -0.133. The summed E-state index contributed by atoms with van der Waals surface area (Å²) in [5.74, 6) is -3.85. The number of rotatable bonds is 8. The van der Waals surface area contributed by atoms with Gasteiger partial charge in [-0.2, -0.15) is 5.10 Å². The average molecular weight is 433 g/mol. The van der Waals surface area contributed by atoms with Crippen LogP contribution in [0, 0.1) is 5.92 Å². The van der Waals surface area contributed by atoms with Crippen LogP contribution in [0.4, 0.5) is 8.78 Å². The molecule has 1 saturated carbocycles. The van der Waals surface area contributed by atoms with Crippen LogP contribution in [0.5, 0.6) is 0 Å². The van der Waals surface area contributed by atoms with Crippen LogP contribution in [0.1, 0.15) is 51.5 Å². The first-order valence-corrected chi connectivity index (χ1v) is 9.36. The number of hydrogen-bond acceptors (Lipinski definition) is 8. The molecule has 0 bridgehead atoms. The zero-order valence-corrected chi connectivity index (χ0v) is 16.0. The Morgan fingerprint density at radius 1 is 1.26 bits per heavy atom. The summed E-state index contributed by atoms with van der Waals surface area (Å²) in [6.07, 6.45) is 3.10. The molecule has 1 aliphatic carbocycles. The van der Waals surface area contributed by atoms with Crippen LogP contribution in [0.3, 0.4) is 0 Å². The molecule has 0 atom stereocenters. The van der Waals surface area contributed by atoms with E-state index in [1.54, 1.807) is 18.5 Å². The summed E-state index contributed by atoms with van der Waals surface area (Å²) in [5, 5.41) is 16.1. The Bertz CT molecular complexity index is 1140. The summed E-state index contributed by atoms with van der Waals surface area (Å²) in [4.78, 5) is 39.1. The summed E-state index contributed by atoms with van der Waals surface area (Å²) in [5.41, 5.74) is 1.25. The maximum atomic E-state index is 12.8. The van der Waals surface area contributed by atoms with E-state index in [2.05, 4.69) is 35.7 Å². The molecule has 0 radical (unpaired) electrons. The molecule has 3 heterocycles. The number of nitrogens with zero attached hydrogens (tertiary/aromatic N) is 5. The van der Waals surface area contributed by atoms with Crippen molar-refractivity contribution in [2.75, 3.05) is 0 Å². The Kier molecular flexibility index (Phi) is 5.40. The third-order valence-corrected chi connectivity index (χ3v) is 4.84. The molecule has 2 N–H and O–H groups in total. The Hall–Kier alpha value is -3.77. The van der Waals surface area contributed by atoms with E-state index in [0.717, 1.165) is 0 Å². The molecule has 4 rings (SSSR count). The van der Waals surface area contributed by atoms with Crippen LogP contribution in [0.25, 0.3) is 5.65 Å². The number of alkyl halides is 2. The van der Waals surface area contributed by atoms with Crippen molar-refractivity contribution in [1.82, 2.24) is 35.5 Å². The number of aromatic nitrogens is 5. The van der Waals surface area contributed by atoms with Crippen molar-refractivity contribution in [3.05, 3.63) is 41.1 Å². The highest BCUT2D eigenvalue weighted by atomic mass is 19.3. The summed E-state index contributed by atoms with van der Waals surface area (Å²) < 4.78 is 31.6. The van der Waals surface area contributed by atoms with E-state index in [-0.39, 0.29) is 55.6 Å². The van der Waals surface area contributed by atoms with Gasteiger partial charge in [-0.05, 0) is 27.9 Å². The van der Waals surface area contributed by atoms with E-state index in [1.807, 2.05) is 0 Å². The van der Waals surface area contributed by atoms with Gasteiger partial charge in [0, 0.05) is 25.8 Å². The van der Waals surface area contributed by atoms with Crippen LogP contribution >= 0.6 is 0 Å². The summed E-state index contributed by atoms with van der Waals surface area (Å²) >= 11 is 0. The Labute approximate surface area is 173 Å². The summed E-state index contributed by atoms with van der Waals surface area (Å²) in [7, 11) is 0. The van der Waals surface area contributed by atoms with E-state index < -0.39 is 11.8 Å². The Morgan fingerprint density at radius 2 is 2.06 bits per heavy atom. The van der Waals surface area contributed by atoms with Crippen LogP contribution in [-0.2, 0) is 17.9 Å². The summed E-state index contributed by atoms with van der Waals surface area (Å²) in [6, 6.07) is 1.71. The first-order valence-electron chi connectivity index (χ1n) is 9.36. The van der Waals surface area contributed by atoms with Gasteiger partial charge in [0.15, 0.2) is 17.6 Å². The highest BCUT2D eigenvalue weighted by molar-refractivity contribution is 5.98. The second kappa shape index (κ2) is 8.16. The highest BCUT2D eigenvalue weighted by Crippen LogP contribution is 2.43. The molecule has 2 amide bonds. The lowest BCUT2D eigenvalue weighted by atomic mass is 9.79. The molecule has 3 aromatic heterocycles. The number of halogens is 2. The van der Waals surface area contributed by atoms with E-state index in [1.165, 1.54) is 4.52 Å². The van der Waals surface area contributed by atoms with Gasteiger partial charge in [0.2, 0.25) is 17.5 Å². The molecule has 0 spiro atoms. The molecule has 11 nitrogen and oxygen atoms in total. The van der Waals surface area contributed by atoms with Gasteiger partial charge in [0.1, 0.15) is 0 Å². The zero-order valence-electron chi connectivity index (χ0n) is 16.0. The molecular weight excluding hydrogens is 416 g/mol. The number of carbonyl (C=O) groups excluding carboxylic acids is 3. The first kappa shape index (κ1) is 20.5. The Balaban J connectivity index is 1.31. The van der Waals surface area contributed by atoms with Crippen molar-refractivity contribution in [2.45, 2.75) is 38.3 Å². The van der Waals surface area contributed by atoms with Gasteiger partial charge in [-0.25, -0.2) is 22.9 Å². The topological polar surface area (TPSA) is 144 Å². The number of amides is 2. The number of nitrogens with one attached hydrogen (secondary N) is 2. The molecule has 0 aliphatic heterocycles. The number of carbonyl (C=O) groups is 3. The predicted molar refractivity (Wildman–Crippen MR) is 98.0 cm³/mol. The van der Waals surface area contributed by atoms with Gasteiger partial charge in [0.25, 0.3) is 5.91 Å². The van der Waals surface area contributed by atoms with Crippen molar-refractivity contribution in [3.8, 4) is 0 Å². The zero-order chi connectivity index (χ0) is 22.0. The normalized spacial score (nSPS) is 15.4. The maximum Gasteiger partial charge on any atom is 0.276 e. The predicted octanol–water partition coefficient (Wildman–Crippen LogP) is 0.906. The summed E-state index contributed by atoms with van der Waals surface area (Å²) in [6.45, 7) is 0.240. The van der Waals surface area contributed by atoms with E-state index in [9.17, 15) is 23.2 Å². The first-order chi connectivity index (χ1) is 14.8. The Morgan fingerprint density at radius 3 is 2.81 bits per heavy atom. The lowest BCUT2D eigenvalue weighted by Crippen LogP contribution is -2.38. The highest BCUT2D eigenvalue weighted by Gasteiger charge is 2.45. The van der Waals surface area contributed by atoms with Crippen LogP contribution in [-0.4, -0.2) is 48.9 Å². The van der Waals surface area contributed by atoms with Crippen molar-refractivity contribution in [2.24, 2.45) is 5.92 Å². The van der Waals surface area contributed by atoms with Crippen LogP contribution < -0.4 is 10.6 Å². The average Bonchev–Trinajstić information content (AvgIpc) is 3.35. The fraction of sp³-hybridized carbons (Fsp3) is 0.389.